The van der Waals surface area contributed by atoms with Gasteiger partial charge in [-0.1, -0.05) is 32.0 Å². The average molecular weight is 433 g/mol. The zero-order valence-electron chi connectivity index (χ0n) is 18.2. The molecule has 31 heavy (non-hydrogen) atoms. The van der Waals surface area contributed by atoms with Crippen molar-refractivity contribution in [2.75, 3.05) is 6.54 Å². The molecule has 0 aliphatic carbocycles. The molecule has 0 saturated carbocycles. The third-order valence-electron chi connectivity index (χ3n) is 6.73. The molecular weight excluding hydrogens is 404 g/mol. The van der Waals surface area contributed by atoms with Gasteiger partial charge in [-0.25, -0.2) is 8.78 Å². The first-order valence-electron chi connectivity index (χ1n) is 10.9. The van der Waals surface area contributed by atoms with Gasteiger partial charge >= 0.3 is 0 Å². The van der Waals surface area contributed by atoms with Crippen molar-refractivity contribution in [3.05, 3.63) is 34.9 Å². The van der Waals surface area contributed by atoms with Crippen LogP contribution in [0, 0.1) is 5.92 Å². The fourth-order valence-electron chi connectivity index (χ4n) is 5.09. The maximum Gasteiger partial charge on any atom is 0.267 e. The number of hydrogen-bond acceptors (Lipinski definition) is 3. The van der Waals surface area contributed by atoms with Gasteiger partial charge in [-0.3, -0.25) is 14.4 Å². The highest BCUT2D eigenvalue weighted by molar-refractivity contribution is 5.94. The zero-order valence-corrected chi connectivity index (χ0v) is 18.2. The van der Waals surface area contributed by atoms with E-state index < -0.39 is 36.4 Å². The average Bonchev–Trinajstić information content (AvgIpc) is 3.35. The number of carbonyl (C=O) groups excluding carboxylic acids is 3. The first-order valence-corrected chi connectivity index (χ1v) is 10.9. The van der Waals surface area contributed by atoms with Crippen molar-refractivity contribution in [2.45, 2.75) is 77.0 Å². The molecule has 168 valence electrons. The number of nitrogens with one attached hydrogen (secondary N) is 1. The Morgan fingerprint density at radius 2 is 2.00 bits per heavy atom. The molecule has 1 N–H and O–H groups in total. The molecule has 8 heteroatoms. The van der Waals surface area contributed by atoms with Crippen molar-refractivity contribution in [3.8, 4) is 0 Å². The third-order valence-corrected chi connectivity index (χ3v) is 6.73. The predicted molar refractivity (Wildman–Crippen MR) is 110 cm³/mol. The van der Waals surface area contributed by atoms with Gasteiger partial charge < -0.3 is 15.1 Å². The van der Waals surface area contributed by atoms with Gasteiger partial charge in [0.1, 0.15) is 6.04 Å². The Kier molecular flexibility index (Phi) is 5.52. The van der Waals surface area contributed by atoms with Crippen LogP contribution in [-0.2, 0) is 27.5 Å². The molecule has 0 unspecified atom stereocenters. The number of hydrogen-bond donors (Lipinski definition) is 1. The number of halogens is 2. The van der Waals surface area contributed by atoms with Gasteiger partial charge in [-0.15, -0.1) is 0 Å². The largest absolute Gasteiger partial charge is 0.344 e. The van der Waals surface area contributed by atoms with Crippen LogP contribution in [0.25, 0.3) is 0 Å². The number of likely N-dealkylation sites (tertiary alicyclic amines) is 1. The molecule has 0 bridgehead atoms. The third kappa shape index (κ3) is 4.16. The first-order chi connectivity index (χ1) is 14.6. The van der Waals surface area contributed by atoms with Crippen molar-refractivity contribution >= 4 is 17.7 Å². The fraction of sp³-hybridized carbons (Fsp3) is 0.609. The van der Waals surface area contributed by atoms with Crippen molar-refractivity contribution < 1.29 is 23.2 Å². The standard InChI is InChI=1S/C23H29F2N3O3/c1-13(2)17-6-4-5-15-10-27(11-18(15)17)20(29)8-16-7-19(26-21(16)30)22(31)28-12-23(24,25)9-14(28)3/h4-6,13-14,16,19H,7-12H2,1-3H3,(H,26,30)/t14-,16+,19+/m1/s1. The van der Waals surface area contributed by atoms with E-state index in [1.807, 2.05) is 12.1 Å². The van der Waals surface area contributed by atoms with Gasteiger partial charge in [-0.05, 0) is 36.0 Å². The summed E-state index contributed by atoms with van der Waals surface area (Å²) in [5, 5.41) is 2.62. The molecule has 3 heterocycles. The Labute approximate surface area is 181 Å². The van der Waals surface area contributed by atoms with Crippen LogP contribution >= 0.6 is 0 Å². The Balaban J connectivity index is 1.37. The van der Waals surface area contributed by atoms with E-state index in [2.05, 4.69) is 25.2 Å². The van der Waals surface area contributed by atoms with Gasteiger partial charge in [0.05, 0.1) is 6.54 Å². The molecule has 0 aromatic heterocycles. The van der Waals surface area contributed by atoms with Crippen LogP contribution in [0.2, 0.25) is 0 Å². The highest BCUT2D eigenvalue weighted by Crippen LogP contribution is 2.34. The monoisotopic (exact) mass is 433 g/mol. The van der Waals surface area contributed by atoms with E-state index in [9.17, 15) is 23.2 Å². The van der Waals surface area contributed by atoms with Crippen molar-refractivity contribution in [1.29, 1.82) is 0 Å². The number of nitrogens with zero attached hydrogens (tertiary/aromatic N) is 2. The Bertz CT molecular complexity index is 917. The molecule has 2 fully saturated rings. The van der Waals surface area contributed by atoms with Crippen LogP contribution in [0.1, 0.15) is 62.6 Å². The number of amides is 3. The van der Waals surface area contributed by atoms with E-state index in [-0.39, 0.29) is 31.1 Å². The second-order valence-corrected chi connectivity index (χ2v) is 9.46. The van der Waals surface area contributed by atoms with E-state index in [1.54, 1.807) is 11.8 Å². The minimum absolute atomic E-state index is 0.0202. The van der Waals surface area contributed by atoms with Crippen molar-refractivity contribution in [2.24, 2.45) is 5.92 Å². The normalized spacial score (nSPS) is 27.0. The Hall–Kier alpha value is -2.51. The summed E-state index contributed by atoms with van der Waals surface area (Å²) in [5.74, 6) is -4.12. The van der Waals surface area contributed by atoms with Gasteiger partial charge in [0.2, 0.25) is 17.7 Å². The summed E-state index contributed by atoms with van der Waals surface area (Å²) >= 11 is 0. The summed E-state index contributed by atoms with van der Waals surface area (Å²) in [6.07, 6.45) is -0.183. The van der Waals surface area contributed by atoms with Crippen LogP contribution in [0.4, 0.5) is 8.78 Å². The highest BCUT2D eigenvalue weighted by Gasteiger charge is 2.48. The summed E-state index contributed by atoms with van der Waals surface area (Å²) < 4.78 is 27.3. The van der Waals surface area contributed by atoms with E-state index in [1.165, 1.54) is 11.1 Å². The van der Waals surface area contributed by atoms with E-state index in [0.717, 1.165) is 10.5 Å². The smallest absolute Gasteiger partial charge is 0.267 e. The SMILES string of the molecule is CC(C)c1cccc2c1CN(C(=O)C[C@@H]1C[C@@H](C(=O)N3CC(F)(F)C[C@H]3C)NC1=O)C2. The molecular formula is C23H29F2N3O3. The summed E-state index contributed by atoms with van der Waals surface area (Å²) in [6, 6.07) is 4.70. The lowest BCUT2D eigenvalue weighted by molar-refractivity contribution is -0.136. The predicted octanol–water partition coefficient (Wildman–Crippen LogP) is 2.80. The number of carbonyl (C=O) groups is 3. The molecule has 4 rings (SSSR count). The maximum atomic E-state index is 13.6. The second-order valence-electron chi connectivity index (χ2n) is 9.46. The van der Waals surface area contributed by atoms with Crippen LogP contribution < -0.4 is 5.32 Å². The number of fused-ring (bicyclic) bond motifs is 1. The van der Waals surface area contributed by atoms with Gasteiger partial charge in [0.25, 0.3) is 5.92 Å². The van der Waals surface area contributed by atoms with Crippen LogP contribution in [0.5, 0.6) is 0 Å². The quantitative estimate of drug-likeness (QED) is 0.794. The lowest BCUT2D eigenvalue weighted by Crippen LogP contribution is -2.46. The van der Waals surface area contributed by atoms with Gasteiger partial charge in [0.15, 0.2) is 0 Å². The van der Waals surface area contributed by atoms with E-state index in [0.29, 0.717) is 19.0 Å². The molecule has 3 amide bonds. The number of alkyl halides is 2. The van der Waals surface area contributed by atoms with Crippen LogP contribution in [0.15, 0.2) is 18.2 Å². The first kappa shape index (κ1) is 21.7. The molecule has 0 radical (unpaired) electrons. The maximum absolute atomic E-state index is 13.6. The lowest BCUT2D eigenvalue weighted by Gasteiger charge is -2.24. The minimum atomic E-state index is -2.90. The molecule has 3 atom stereocenters. The molecule has 1 aromatic carbocycles. The molecule has 3 aliphatic heterocycles. The van der Waals surface area contributed by atoms with Crippen LogP contribution in [0.3, 0.4) is 0 Å². The Morgan fingerprint density at radius 1 is 1.26 bits per heavy atom. The summed E-state index contributed by atoms with van der Waals surface area (Å²) in [4.78, 5) is 41.0. The lowest BCUT2D eigenvalue weighted by atomic mass is 9.95. The Morgan fingerprint density at radius 3 is 2.65 bits per heavy atom. The van der Waals surface area contributed by atoms with Crippen molar-refractivity contribution in [1.82, 2.24) is 15.1 Å². The van der Waals surface area contributed by atoms with E-state index >= 15 is 0 Å². The van der Waals surface area contributed by atoms with Crippen LogP contribution in [-0.4, -0.2) is 52.1 Å². The zero-order chi connectivity index (χ0) is 22.5. The summed E-state index contributed by atoms with van der Waals surface area (Å²) in [5.41, 5.74) is 3.54. The number of benzene rings is 1. The van der Waals surface area contributed by atoms with Crippen molar-refractivity contribution in [3.63, 3.8) is 0 Å². The van der Waals surface area contributed by atoms with Gasteiger partial charge in [-0.2, -0.15) is 0 Å². The second kappa shape index (κ2) is 7.88. The summed E-state index contributed by atoms with van der Waals surface area (Å²) in [7, 11) is 0. The molecule has 0 spiro atoms. The van der Waals surface area contributed by atoms with E-state index in [4.69, 9.17) is 0 Å². The summed E-state index contributed by atoms with van der Waals surface area (Å²) in [6.45, 7) is 6.26. The van der Waals surface area contributed by atoms with Gasteiger partial charge in [0, 0.05) is 37.9 Å². The molecule has 2 saturated heterocycles. The topological polar surface area (TPSA) is 69.7 Å². The highest BCUT2D eigenvalue weighted by atomic mass is 19.3. The molecule has 1 aromatic rings. The molecule has 6 nitrogen and oxygen atoms in total. The molecule has 3 aliphatic rings. The number of rotatable bonds is 4. The minimum Gasteiger partial charge on any atom is -0.344 e. The fourth-order valence-corrected chi connectivity index (χ4v) is 5.09.